The van der Waals surface area contributed by atoms with Crippen molar-refractivity contribution in [3.05, 3.63) is 400 Å². The molecule has 8 bridgehead atoms. The third-order valence-electron chi connectivity index (χ3n) is 29.4. The van der Waals surface area contributed by atoms with Crippen LogP contribution in [0.15, 0.2) is 360 Å². The molecule has 2 N–H and O–H groups in total. The summed E-state index contributed by atoms with van der Waals surface area (Å²) in [5.41, 5.74) is 12.3. The smallest absolute Gasteiger partial charge is 0.465 e. The number of carbonyl (C=O) groups excluding carboxylic acids is 3. The van der Waals surface area contributed by atoms with Crippen molar-refractivity contribution in [1.82, 2.24) is 0 Å². The van der Waals surface area contributed by atoms with Crippen LogP contribution in [0.3, 0.4) is 0 Å². The summed E-state index contributed by atoms with van der Waals surface area (Å²) in [6.07, 6.45) is 11.5. The standard InChI is InChI=1S/C33H37O3S.C29H33O3S.C19H16F2O5S.C18H12F3S.C18H16F2O3S/c1-22-14-30(37(28-10-6-4-7-11-28)29-12-8-5-9-13-29)15-23(2)32(22)35-21-31(34)36-33(3)26-17-24-16-25(19-26)20-27(33)18-24;1-4-29(17-11-12-18-29)32-27(30)21-31-28-22(2)19-26(20-23(28)3)33(24-13-7-5-8-14-24)25-15-9-6-10-16-25;20-19(21,27(23,24)25)18(22)26-10-11-9-16-12-5-1-3-7-14(12)17(11)15-8-4-2-6-13(15)16;19-13-1-7-16(8-2-13)22(17-9-3-14(20)4-10-17)18-11-5-15(21)6-12-18;19-18(20,24(21,22)23)10-11-9-16-12-5-1-3-7-14(12)17(11)15-8-4-2-6-13(15)16/h4-15,24-27H,16-21H2,1-3H3;5-10,13-16,19-20H,4,11-12,17-18,21H2,1-3H3;1-8,11,16-17H,9-10H2,(H,23,24,25);1-12H;1-8,11,16-17H,9-10H2,(H,21,22,23)/q2*+1;;+1;. The van der Waals surface area contributed by atoms with E-state index in [-0.39, 0.29) is 112 Å². The lowest BCUT2D eigenvalue weighted by atomic mass is 9.50. The Balaban J connectivity index is 0.000000124. The average molecular weight is 2040 g/mol. The molecule has 0 aromatic heterocycles. The largest absolute Gasteiger partial charge is 0.481 e. The molecule has 0 saturated heterocycles. The Morgan fingerprint density at radius 3 is 0.993 bits per heavy atom. The normalized spacial score (nSPS) is 21.0. The third-order valence-corrected chi connectivity index (χ3v) is 37.7. The van der Waals surface area contributed by atoms with Crippen LogP contribution in [0.1, 0.15) is 188 Å². The quantitative estimate of drug-likeness (QED) is 0.0180. The lowest BCUT2D eigenvalue weighted by Crippen LogP contribution is -2.58. The molecule has 11 aliphatic carbocycles. The summed E-state index contributed by atoms with van der Waals surface area (Å²) in [6.45, 7) is 12.1. The third kappa shape index (κ3) is 22.5. The monoisotopic (exact) mass is 2040 g/mol. The Hall–Kier alpha value is -11.8. The summed E-state index contributed by atoms with van der Waals surface area (Å²) < 4.78 is 184. The van der Waals surface area contributed by atoms with Gasteiger partial charge >= 0.3 is 48.7 Å². The Morgan fingerprint density at radius 1 is 0.378 bits per heavy atom. The number of hydrogen-bond donors (Lipinski definition) is 2. The van der Waals surface area contributed by atoms with E-state index in [1.807, 2.05) is 97.1 Å². The molecule has 5 saturated carbocycles. The molecule has 143 heavy (non-hydrogen) atoms. The van der Waals surface area contributed by atoms with Crippen molar-refractivity contribution in [2.24, 2.45) is 35.5 Å². The van der Waals surface area contributed by atoms with E-state index in [4.69, 9.17) is 28.1 Å². The first-order valence-electron chi connectivity index (χ1n) is 48.4. The number of esters is 3. The van der Waals surface area contributed by atoms with Gasteiger partial charge in [-0.25, -0.2) is 27.6 Å². The van der Waals surface area contributed by atoms with Gasteiger partial charge in [-0.05, 0) is 329 Å². The van der Waals surface area contributed by atoms with Gasteiger partial charge in [-0.3, -0.25) is 9.11 Å². The molecule has 0 heterocycles. The Bertz CT molecular complexity index is 6590. The second-order valence-electron chi connectivity index (χ2n) is 38.5. The lowest BCUT2D eigenvalue weighted by molar-refractivity contribution is -0.204. The first-order chi connectivity index (χ1) is 68.6. The minimum absolute atomic E-state index is 0.00963. The molecule has 0 amide bonds. The van der Waals surface area contributed by atoms with Crippen molar-refractivity contribution in [3.8, 4) is 11.5 Å². The van der Waals surface area contributed by atoms with Gasteiger partial charge in [0.2, 0.25) is 0 Å². The van der Waals surface area contributed by atoms with Crippen LogP contribution in [0.4, 0.5) is 30.7 Å². The summed E-state index contributed by atoms with van der Waals surface area (Å²) in [4.78, 5) is 47.4. The summed E-state index contributed by atoms with van der Waals surface area (Å²) in [7, 11) is -12.2. The summed E-state index contributed by atoms with van der Waals surface area (Å²) in [5, 5.41) is -9.10. The van der Waals surface area contributed by atoms with Gasteiger partial charge in [0.15, 0.2) is 57.3 Å². The first-order valence-corrected chi connectivity index (χ1v) is 55.0. The zero-order valence-electron chi connectivity index (χ0n) is 80.1. The Labute approximate surface area is 840 Å². The predicted molar refractivity (Wildman–Crippen MR) is 541 cm³/mol. The predicted octanol–water partition coefficient (Wildman–Crippen LogP) is 27.2. The van der Waals surface area contributed by atoms with Crippen LogP contribution < -0.4 is 9.47 Å². The average Bonchev–Trinajstić information content (AvgIpc) is 1.00. The number of alkyl halides is 4. The molecule has 742 valence electrons. The van der Waals surface area contributed by atoms with E-state index in [0.29, 0.717) is 24.7 Å². The maximum Gasteiger partial charge on any atom is 0.465 e. The van der Waals surface area contributed by atoms with Gasteiger partial charge < -0.3 is 23.7 Å². The van der Waals surface area contributed by atoms with Crippen molar-refractivity contribution in [2.75, 3.05) is 19.8 Å². The molecular weight excluding hydrogens is 1920 g/mol. The van der Waals surface area contributed by atoms with Crippen molar-refractivity contribution >= 4 is 70.8 Å². The number of fused-ring (bicyclic) bond motifs is 2. The van der Waals surface area contributed by atoms with E-state index >= 15 is 0 Å². The molecule has 13 aromatic rings. The fourth-order valence-electron chi connectivity index (χ4n) is 23.0. The van der Waals surface area contributed by atoms with E-state index in [2.05, 4.69) is 192 Å². The number of rotatable bonds is 25. The van der Waals surface area contributed by atoms with Crippen molar-refractivity contribution in [2.45, 2.75) is 214 Å². The van der Waals surface area contributed by atoms with E-state index in [0.717, 1.165) is 126 Å². The maximum atomic E-state index is 14.0. The Morgan fingerprint density at radius 2 is 0.671 bits per heavy atom. The van der Waals surface area contributed by atoms with Gasteiger partial charge in [-0.1, -0.05) is 177 Å². The lowest BCUT2D eigenvalue weighted by Gasteiger charge is -2.59. The van der Waals surface area contributed by atoms with Crippen molar-refractivity contribution < 1.29 is 94.7 Å². The topological polar surface area (TPSA) is 206 Å². The highest BCUT2D eigenvalue weighted by molar-refractivity contribution is 7.97. The molecule has 24 rings (SSSR count). The molecule has 5 fully saturated rings. The fraction of sp³-hybridized carbons (Fsp3) is 0.308. The molecule has 0 spiro atoms. The maximum absolute atomic E-state index is 14.0. The number of ether oxygens (including phenoxy) is 5. The van der Waals surface area contributed by atoms with E-state index in [9.17, 15) is 62.0 Å². The minimum Gasteiger partial charge on any atom is -0.481 e. The highest BCUT2D eigenvalue weighted by Crippen LogP contribution is 2.62. The SMILES string of the molecule is CCC1(OC(=O)COc2c(C)cc([S+](c3ccccc3)c3ccccc3)cc2C)CCCC1.Cc1cc([S+](c2ccccc2)c2ccccc2)cc(C)c1OCC(=O)OC1(C)C2CC3CC(C2)CC1C3.Fc1ccc([S+](c2ccc(F)cc2)c2ccc(F)cc2)cc1.O=C(OCC1CC2c3ccccc3C1c1ccccc12)C(F)(F)S(=O)(=O)O.O=S(=O)(O)C(F)(F)CC1CC2c3ccccc3C1c1ccccc12. The van der Waals surface area contributed by atoms with Crippen molar-refractivity contribution in [1.29, 1.82) is 0 Å². The highest BCUT2D eigenvalue weighted by atomic mass is 32.2. The van der Waals surface area contributed by atoms with Crippen LogP contribution in [0.2, 0.25) is 0 Å². The number of halogens is 7. The van der Waals surface area contributed by atoms with Crippen LogP contribution in [-0.2, 0) is 81.5 Å². The fourth-order valence-corrected chi connectivity index (χ4v) is 30.2. The van der Waals surface area contributed by atoms with Gasteiger partial charge in [0.25, 0.3) is 0 Å². The second-order valence-corrected chi connectivity index (χ2v) is 47.6. The minimum atomic E-state index is -5.87. The molecule has 11 aliphatic rings. The molecule has 0 aliphatic heterocycles. The molecule has 14 nitrogen and oxygen atoms in total. The van der Waals surface area contributed by atoms with Gasteiger partial charge in [0.1, 0.15) is 40.2 Å². The summed E-state index contributed by atoms with van der Waals surface area (Å²) >= 11 is 0. The van der Waals surface area contributed by atoms with Crippen molar-refractivity contribution in [3.63, 3.8) is 0 Å². The van der Waals surface area contributed by atoms with Gasteiger partial charge in [-0.15, -0.1) is 0 Å². The van der Waals surface area contributed by atoms with Crippen LogP contribution in [0.25, 0.3) is 0 Å². The van der Waals surface area contributed by atoms with E-state index in [1.54, 1.807) is 36.4 Å². The van der Waals surface area contributed by atoms with Gasteiger partial charge in [-0.2, -0.15) is 34.4 Å². The van der Waals surface area contributed by atoms with E-state index in [1.165, 1.54) is 109 Å². The molecule has 26 heteroatoms. The zero-order valence-corrected chi connectivity index (χ0v) is 84.2. The number of benzene rings is 13. The van der Waals surface area contributed by atoms with Crippen LogP contribution in [-0.4, -0.2) is 85.4 Å². The molecule has 0 radical (unpaired) electrons. The van der Waals surface area contributed by atoms with Crippen LogP contribution >= 0.6 is 0 Å². The number of hydrogen-bond acceptors (Lipinski definition) is 12. The van der Waals surface area contributed by atoms with Crippen LogP contribution in [0.5, 0.6) is 11.5 Å². The molecule has 2 atom stereocenters. The summed E-state index contributed by atoms with van der Waals surface area (Å²) in [6, 6.07) is 101. The molecular formula is C117H114F7O14S5+3. The second kappa shape index (κ2) is 43.7. The van der Waals surface area contributed by atoms with E-state index < -0.39 is 59.9 Å². The molecule has 2 unspecified atom stereocenters. The van der Waals surface area contributed by atoms with Crippen LogP contribution in [0, 0.1) is 80.7 Å². The van der Waals surface area contributed by atoms with Gasteiger partial charge in [0.05, 0.1) is 39.3 Å². The number of carbonyl (C=O) groups is 3. The number of aryl methyl sites for hydroxylation is 4. The highest BCUT2D eigenvalue weighted by Gasteiger charge is 2.59. The Kier molecular flexibility index (Phi) is 31.4. The zero-order chi connectivity index (χ0) is 101. The van der Waals surface area contributed by atoms with Gasteiger partial charge in [0, 0.05) is 60.3 Å². The first kappa shape index (κ1) is 103. The summed E-state index contributed by atoms with van der Waals surface area (Å²) in [5.74, 6) is -0.529. The molecule has 13 aromatic carbocycles.